The van der Waals surface area contributed by atoms with Gasteiger partial charge in [0.2, 0.25) is 0 Å². The molecule has 5 nitrogen and oxygen atoms in total. The summed E-state index contributed by atoms with van der Waals surface area (Å²) in [5.41, 5.74) is 8.90. The quantitative estimate of drug-likeness (QED) is 0.785. The van der Waals surface area contributed by atoms with Gasteiger partial charge in [0.25, 0.3) is 0 Å². The Morgan fingerprint density at radius 1 is 1.21 bits per heavy atom. The second kappa shape index (κ2) is 6.45. The molecule has 1 atom stereocenters. The van der Waals surface area contributed by atoms with Crippen LogP contribution in [-0.4, -0.2) is 44.4 Å². The maximum absolute atomic E-state index is 6.36. The first-order valence-electron chi connectivity index (χ1n) is 9.33. The molecule has 1 aromatic rings. The fraction of sp³-hybridized carbons (Fsp3) is 0.684. The van der Waals surface area contributed by atoms with Gasteiger partial charge in [0.05, 0.1) is 19.9 Å². The van der Waals surface area contributed by atoms with E-state index in [4.69, 9.17) is 15.2 Å². The summed E-state index contributed by atoms with van der Waals surface area (Å²) in [6, 6.07) is 4.22. The van der Waals surface area contributed by atoms with Crippen molar-refractivity contribution in [2.75, 3.05) is 38.7 Å². The van der Waals surface area contributed by atoms with Crippen molar-refractivity contribution >= 4 is 5.69 Å². The molecule has 1 aromatic carbocycles. The van der Waals surface area contributed by atoms with E-state index in [2.05, 4.69) is 22.3 Å². The van der Waals surface area contributed by atoms with Crippen molar-refractivity contribution < 1.29 is 9.47 Å². The van der Waals surface area contributed by atoms with Crippen molar-refractivity contribution in [2.45, 2.75) is 50.1 Å². The Labute approximate surface area is 144 Å². The molecule has 3 aliphatic rings. The number of ether oxygens (including phenoxy) is 2. The lowest BCUT2D eigenvalue weighted by Crippen LogP contribution is -2.49. The lowest BCUT2D eigenvalue weighted by atomic mass is 9.64. The molecular formula is C19H29N3O2. The van der Waals surface area contributed by atoms with Crippen LogP contribution in [0.5, 0.6) is 11.5 Å². The number of nitrogens with two attached hydrogens (primary N) is 1. The normalized spacial score (nSPS) is 24.5. The van der Waals surface area contributed by atoms with E-state index in [1.165, 1.54) is 37.9 Å². The number of rotatable bonds is 6. The molecule has 0 radical (unpaired) electrons. The van der Waals surface area contributed by atoms with E-state index in [0.717, 1.165) is 49.6 Å². The van der Waals surface area contributed by atoms with Crippen LogP contribution in [0.4, 0.5) is 5.69 Å². The minimum absolute atomic E-state index is 0.0105. The van der Waals surface area contributed by atoms with Crippen LogP contribution in [0.1, 0.15) is 44.1 Å². The number of benzene rings is 1. The Balaban J connectivity index is 1.43. The zero-order valence-electron chi connectivity index (χ0n) is 14.6. The van der Waals surface area contributed by atoms with Crippen molar-refractivity contribution in [3.05, 3.63) is 17.7 Å². The molecule has 1 saturated heterocycles. The number of hydrogen-bond donors (Lipinski definition) is 2. The molecule has 2 fully saturated rings. The Bertz CT molecular complexity index is 595. The van der Waals surface area contributed by atoms with Gasteiger partial charge in [0, 0.05) is 23.7 Å². The zero-order valence-corrected chi connectivity index (χ0v) is 14.6. The summed E-state index contributed by atoms with van der Waals surface area (Å²) in [6.45, 7) is 4.33. The van der Waals surface area contributed by atoms with Crippen LogP contribution >= 0.6 is 0 Å². The predicted octanol–water partition coefficient (Wildman–Crippen LogP) is 2.69. The summed E-state index contributed by atoms with van der Waals surface area (Å²) in [7, 11) is 1.72. The van der Waals surface area contributed by atoms with Crippen molar-refractivity contribution in [2.24, 2.45) is 5.73 Å². The number of likely N-dealkylation sites (tertiary alicyclic amines) is 1. The smallest absolute Gasteiger partial charge is 0.163 e. The van der Waals surface area contributed by atoms with Crippen LogP contribution in [0, 0.1) is 0 Å². The number of methoxy groups -OCH3 is 1. The van der Waals surface area contributed by atoms with Crippen LogP contribution in [0.25, 0.3) is 0 Å². The van der Waals surface area contributed by atoms with E-state index in [9.17, 15) is 0 Å². The van der Waals surface area contributed by atoms with Gasteiger partial charge in [-0.3, -0.25) is 0 Å². The number of hydrogen-bond acceptors (Lipinski definition) is 5. The maximum atomic E-state index is 6.36. The molecule has 4 rings (SSSR count). The molecule has 132 valence electrons. The third-order valence-electron chi connectivity index (χ3n) is 6.07. The monoisotopic (exact) mass is 331 g/mol. The predicted molar refractivity (Wildman–Crippen MR) is 95.9 cm³/mol. The molecule has 0 amide bonds. The number of fused-ring (bicyclic) bond motifs is 2. The summed E-state index contributed by atoms with van der Waals surface area (Å²) in [5, 5.41) is 3.45. The average molecular weight is 331 g/mol. The second-order valence-electron chi connectivity index (χ2n) is 7.43. The minimum atomic E-state index is 0.0105. The van der Waals surface area contributed by atoms with Crippen LogP contribution in [0.3, 0.4) is 0 Å². The average Bonchev–Trinajstić information content (AvgIpc) is 3.14. The number of anilines is 1. The van der Waals surface area contributed by atoms with Gasteiger partial charge in [-0.25, -0.2) is 0 Å². The Hall–Kier alpha value is -1.46. The van der Waals surface area contributed by atoms with Gasteiger partial charge >= 0.3 is 0 Å². The summed E-state index contributed by atoms with van der Waals surface area (Å²) < 4.78 is 11.6. The topological polar surface area (TPSA) is 59.8 Å². The van der Waals surface area contributed by atoms with E-state index < -0.39 is 0 Å². The molecule has 1 saturated carbocycles. The van der Waals surface area contributed by atoms with Gasteiger partial charge in [0.15, 0.2) is 11.5 Å². The number of nitrogens with zero attached hydrogens (tertiary/aromatic N) is 1. The highest BCUT2D eigenvalue weighted by Gasteiger charge is 2.50. The van der Waals surface area contributed by atoms with E-state index in [1.54, 1.807) is 7.11 Å². The summed E-state index contributed by atoms with van der Waals surface area (Å²) >= 11 is 0. The summed E-state index contributed by atoms with van der Waals surface area (Å²) in [4.78, 5) is 2.52. The van der Waals surface area contributed by atoms with Crippen LogP contribution in [-0.2, 0) is 5.41 Å². The van der Waals surface area contributed by atoms with Gasteiger partial charge in [0.1, 0.15) is 0 Å². The van der Waals surface area contributed by atoms with E-state index in [-0.39, 0.29) is 11.6 Å². The SMILES string of the molecule is COc1cc2c(cc1OCCCN1CCCC1)NC(N)C21CCC1. The molecule has 1 unspecified atom stereocenters. The summed E-state index contributed by atoms with van der Waals surface area (Å²) in [6.07, 6.45) is 7.32. The van der Waals surface area contributed by atoms with E-state index in [0.29, 0.717) is 0 Å². The first kappa shape index (κ1) is 16.0. The highest BCUT2D eigenvalue weighted by Crippen LogP contribution is 2.54. The minimum Gasteiger partial charge on any atom is -0.493 e. The third kappa shape index (κ3) is 2.64. The van der Waals surface area contributed by atoms with Gasteiger partial charge in [-0.05, 0) is 56.8 Å². The van der Waals surface area contributed by atoms with E-state index in [1.807, 2.05) is 0 Å². The summed E-state index contributed by atoms with van der Waals surface area (Å²) in [5.74, 6) is 1.66. The van der Waals surface area contributed by atoms with Crippen molar-refractivity contribution in [1.82, 2.24) is 4.90 Å². The highest BCUT2D eigenvalue weighted by atomic mass is 16.5. The molecule has 5 heteroatoms. The third-order valence-corrected chi connectivity index (χ3v) is 6.07. The van der Waals surface area contributed by atoms with Crippen molar-refractivity contribution in [3.63, 3.8) is 0 Å². The van der Waals surface area contributed by atoms with Crippen LogP contribution in [0.2, 0.25) is 0 Å². The largest absolute Gasteiger partial charge is 0.493 e. The first-order chi connectivity index (χ1) is 11.7. The standard InChI is InChI=1S/C19H29N3O2/c1-23-16-12-14-15(21-18(20)19(14)6-4-7-19)13-17(16)24-11-5-10-22-8-2-3-9-22/h12-13,18,21H,2-11,20H2,1H3. The Kier molecular flexibility index (Phi) is 4.31. The number of nitrogens with one attached hydrogen (secondary N) is 1. The van der Waals surface area contributed by atoms with Gasteiger partial charge < -0.3 is 25.4 Å². The van der Waals surface area contributed by atoms with Crippen molar-refractivity contribution in [1.29, 1.82) is 0 Å². The molecular weight excluding hydrogens is 302 g/mol. The fourth-order valence-corrected chi connectivity index (χ4v) is 4.45. The molecule has 1 spiro atoms. The van der Waals surface area contributed by atoms with Gasteiger partial charge in [-0.2, -0.15) is 0 Å². The van der Waals surface area contributed by atoms with Crippen LogP contribution < -0.4 is 20.5 Å². The van der Waals surface area contributed by atoms with Crippen LogP contribution in [0.15, 0.2) is 12.1 Å². The molecule has 0 bridgehead atoms. The Morgan fingerprint density at radius 2 is 2.00 bits per heavy atom. The molecule has 0 aromatic heterocycles. The lowest BCUT2D eigenvalue weighted by Gasteiger charge is -2.42. The maximum Gasteiger partial charge on any atom is 0.163 e. The highest BCUT2D eigenvalue weighted by molar-refractivity contribution is 5.68. The first-order valence-corrected chi connectivity index (χ1v) is 9.33. The molecule has 24 heavy (non-hydrogen) atoms. The fourth-order valence-electron chi connectivity index (χ4n) is 4.45. The zero-order chi connectivity index (χ0) is 16.6. The van der Waals surface area contributed by atoms with Gasteiger partial charge in [-0.1, -0.05) is 6.42 Å². The molecule has 2 aliphatic heterocycles. The molecule has 2 heterocycles. The van der Waals surface area contributed by atoms with Crippen molar-refractivity contribution in [3.8, 4) is 11.5 Å². The Morgan fingerprint density at radius 3 is 2.67 bits per heavy atom. The molecule has 3 N–H and O–H groups in total. The lowest BCUT2D eigenvalue weighted by molar-refractivity contribution is 0.222. The second-order valence-corrected chi connectivity index (χ2v) is 7.43. The van der Waals surface area contributed by atoms with E-state index >= 15 is 0 Å². The van der Waals surface area contributed by atoms with Gasteiger partial charge in [-0.15, -0.1) is 0 Å². The molecule has 1 aliphatic carbocycles.